The quantitative estimate of drug-likeness (QED) is 0.909. The summed E-state index contributed by atoms with van der Waals surface area (Å²) in [4.78, 5) is 5.79. The van der Waals surface area contributed by atoms with Crippen LogP contribution in [0.1, 0.15) is 28.5 Å². The molecule has 0 spiro atoms. The Kier molecular flexibility index (Phi) is 4.12. The second-order valence-corrected chi connectivity index (χ2v) is 7.58. The molecule has 2 rings (SSSR count). The summed E-state index contributed by atoms with van der Waals surface area (Å²) in [6.07, 6.45) is 0. The molecule has 20 heavy (non-hydrogen) atoms. The molecule has 0 saturated carbocycles. The second-order valence-electron chi connectivity index (χ2n) is 4.61. The number of aryl methyl sites for hydroxylation is 2. The summed E-state index contributed by atoms with van der Waals surface area (Å²) in [5, 5.41) is 9.40. The molecule has 7 heteroatoms. The molecule has 0 aliphatic rings. The fraction of sp³-hybridized carbons (Fsp3) is 0.308. The van der Waals surface area contributed by atoms with Crippen LogP contribution in [0.25, 0.3) is 0 Å². The Hall–Kier alpha value is -1.44. The van der Waals surface area contributed by atoms with E-state index in [1.807, 2.05) is 20.8 Å². The van der Waals surface area contributed by atoms with Gasteiger partial charge in [-0.1, -0.05) is 0 Å². The van der Waals surface area contributed by atoms with Gasteiger partial charge in [0.05, 0.1) is 21.6 Å². The number of hydrogen-bond acceptors (Lipinski definition) is 5. The number of anilines is 1. The van der Waals surface area contributed by atoms with Crippen molar-refractivity contribution >= 4 is 27.0 Å². The summed E-state index contributed by atoms with van der Waals surface area (Å²) in [6.45, 7) is 6.05. The highest BCUT2D eigenvalue weighted by atomic mass is 32.2. The van der Waals surface area contributed by atoms with Crippen LogP contribution in [0.3, 0.4) is 0 Å². The molecule has 0 radical (unpaired) electrons. The molecular weight excluding hydrogens is 294 g/mol. The minimum atomic E-state index is -3.64. The lowest BCUT2D eigenvalue weighted by molar-refractivity contribution is 0.598. The largest absolute Gasteiger partial charge is 0.377 e. The van der Waals surface area contributed by atoms with Crippen molar-refractivity contribution in [3.05, 3.63) is 39.8 Å². The first-order valence-corrected chi connectivity index (χ1v) is 8.47. The first kappa shape index (κ1) is 15.0. The van der Waals surface area contributed by atoms with Crippen LogP contribution in [-0.2, 0) is 10.0 Å². The van der Waals surface area contributed by atoms with Crippen LogP contribution in [-0.4, -0.2) is 13.4 Å². The number of sulfonamides is 1. The Morgan fingerprint density at radius 2 is 1.85 bits per heavy atom. The highest BCUT2D eigenvalue weighted by Crippen LogP contribution is 2.25. The Morgan fingerprint density at radius 1 is 1.25 bits per heavy atom. The summed E-state index contributed by atoms with van der Waals surface area (Å²) >= 11 is 1.67. The first-order chi connectivity index (χ1) is 9.27. The molecule has 0 saturated heterocycles. The van der Waals surface area contributed by atoms with E-state index in [9.17, 15) is 8.42 Å². The smallest absolute Gasteiger partial charge is 0.238 e. The molecule has 108 valence electrons. The summed E-state index contributed by atoms with van der Waals surface area (Å²) in [5.41, 5.74) is 1.85. The Morgan fingerprint density at radius 3 is 2.30 bits per heavy atom. The van der Waals surface area contributed by atoms with Crippen molar-refractivity contribution in [2.24, 2.45) is 5.14 Å². The SMILES string of the molecule is Cc1nc(C(C)Nc2ccc(S(N)(=O)=O)cc2)c(C)s1. The Labute approximate surface area is 122 Å². The van der Waals surface area contributed by atoms with Crippen LogP contribution < -0.4 is 10.5 Å². The maximum Gasteiger partial charge on any atom is 0.238 e. The van der Waals surface area contributed by atoms with Gasteiger partial charge < -0.3 is 5.32 Å². The molecule has 3 N–H and O–H groups in total. The number of nitrogens with two attached hydrogens (primary N) is 1. The van der Waals surface area contributed by atoms with Crippen molar-refractivity contribution < 1.29 is 8.42 Å². The molecule has 1 aromatic heterocycles. The lowest BCUT2D eigenvalue weighted by Gasteiger charge is -2.14. The van der Waals surface area contributed by atoms with Gasteiger partial charge in [0.25, 0.3) is 0 Å². The topological polar surface area (TPSA) is 85.1 Å². The van der Waals surface area contributed by atoms with Gasteiger partial charge >= 0.3 is 0 Å². The minimum absolute atomic E-state index is 0.0558. The van der Waals surface area contributed by atoms with Gasteiger partial charge in [-0.05, 0) is 45.0 Å². The summed E-state index contributed by atoms with van der Waals surface area (Å²) < 4.78 is 22.4. The molecule has 5 nitrogen and oxygen atoms in total. The van der Waals surface area contributed by atoms with Gasteiger partial charge in [-0.2, -0.15) is 0 Å². The molecular formula is C13H17N3O2S2. The fourth-order valence-electron chi connectivity index (χ4n) is 2.01. The molecule has 0 aliphatic heterocycles. The molecule has 0 aliphatic carbocycles. The van der Waals surface area contributed by atoms with E-state index in [0.29, 0.717) is 0 Å². The molecule has 2 aromatic rings. The van der Waals surface area contributed by atoms with E-state index in [-0.39, 0.29) is 10.9 Å². The molecule has 0 bridgehead atoms. The van der Waals surface area contributed by atoms with Crippen molar-refractivity contribution in [2.75, 3.05) is 5.32 Å². The van der Waals surface area contributed by atoms with E-state index in [1.165, 1.54) is 17.0 Å². The third-order valence-corrected chi connectivity index (χ3v) is 4.75. The molecule has 1 atom stereocenters. The number of benzene rings is 1. The van der Waals surface area contributed by atoms with E-state index in [0.717, 1.165) is 16.4 Å². The van der Waals surface area contributed by atoms with Gasteiger partial charge in [-0.3, -0.25) is 0 Å². The highest BCUT2D eigenvalue weighted by Gasteiger charge is 2.13. The molecule has 1 aromatic carbocycles. The highest BCUT2D eigenvalue weighted by molar-refractivity contribution is 7.89. The Balaban J connectivity index is 2.16. The van der Waals surface area contributed by atoms with E-state index < -0.39 is 10.0 Å². The van der Waals surface area contributed by atoms with E-state index in [1.54, 1.807) is 23.5 Å². The zero-order valence-electron chi connectivity index (χ0n) is 11.5. The predicted molar refractivity (Wildman–Crippen MR) is 81.4 cm³/mol. The van der Waals surface area contributed by atoms with Crippen molar-refractivity contribution in [3.8, 4) is 0 Å². The van der Waals surface area contributed by atoms with Crippen LogP contribution in [0.15, 0.2) is 29.2 Å². The lowest BCUT2D eigenvalue weighted by atomic mass is 10.2. The van der Waals surface area contributed by atoms with Gasteiger partial charge in [-0.25, -0.2) is 18.5 Å². The van der Waals surface area contributed by atoms with Crippen LogP contribution in [0.5, 0.6) is 0 Å². The fourth-order valence-corrected chi connectivity index (χ4v) is 3.44. The summed E-state index contributed by atoms with van der Waals surface area (Å²) in [5.74, 6) is 0. The van der Waals surface area contributed by atoms with Gasteiger partial charge in [0.1, 0.15) is 0 Å². The zero-order chi connectivity index (χ0) is 14.9. The molecule has 0 fully saturated rings. The number of nitrogens with one attached hydrogen (secondary N) is 1. The van der Waals surface area contributed by atoms with E-state index >= 15 is 0 Å². The molecule has 1 heterocycles. The molecule has 1 unspecified atom stereocenters. The van der Waals surface area contributed by atoms with Gasteiger partial charge in [0.2, 0.25) is 10.0 Å². The first-order valence-electron chi connectivity index (χ1n) is 6.10. The summed E-state index contributed by atoms with van der Waals surface area (Å²) in [7, 11) is -3.64. The third kappa shape index (κ3) is 3.36. The maximum absolute atomic E-state index is 11.2. The zero-order valence-corrected chi connectivity index (χ0v) is 13.2. The Bertz CT molecular complexity index is 706. The van der Waals surface area contributed by atoms with E-state index in [2.05, 4.69) is 10.3 Å². The van der Waals surface area contributed by atoms with Crippen molar-refractivity contribution in [3.63, 3.8) is 0 Å². The number of aromatic nitrogens is 1. The average molecular weight is 311 g/mol. The van der Waals surface area contributed by atoms with Gasteiger partial charge in [0, 0.05) is 10.6 Å². The van der Waals surface area contributed by atoms with Crippen LogP contribution in [0.2, 0.25) is 0 Å². The lowest BCUT2D eigenvalue weighted by Crippen LogP contribution is -2.12. The maximum atomic E-state index is 11.2. The van der Waals surface area contributed by atoms with Gasteiger partial charge in [-0.15, -0.1) is 11.3 Å². The van der Waals surface area contributed by atoms with Crippen LogP contribution in [0.4, 0.5) is 5.69 Å². The van der Waals surface area contributed by atoms with Crippen LogP contribution >= 0.6 is 11.3 Å². The monoisotopic (exact) mass is 311 g/mol. The van der Waals surface area contributed by atoms with Crippen molar-refractivity contribution in [1.82, 2.24) is 4.98 Å². The van der Waals surface area contributed by atoms with E-state index in [4.69, 9.17) is 5.14 Å². The minimum Gasteiger partial charge on any atom is -0.377 e. The number of thiazole rings is 1. The predicted octanol–water partition coefficient (Wildman–Crippen LogP) is 2.58. The normalized spacial score (nSPS) is 13.2. The number of hydrogen-bond donors (Lipinski definition) is 2. The average Bonchev–Trinajstić information content (AvgIpc) is 2.68. The molecule has 0 amide bonds. The number of rotatable bonds is 4. The number of nitrogens with zero attached hydrogens (tertiary/aromatic N) is 1. The standard InChI is InChI=1S/C13H17N3O2S2/c1-8(13-9(2)19-10(3)16-13)15-11-4-6-12(7-5-11)20(14,17)18/h4-8,15H,1-3H3,(H2,14,17,18). The van der Waals surface area contributed by atoms with Gasteiger partial charge in [0.15, 0.2) is 0 Å². The van der Waals surface area contributed by atoms with Crippen molar-refractivity contribution in [2.45, 2.75) is 31.7 Å². The number of primary sulfonamides is 1. The second kappa shape index (κ2) is 5.51. The third-order valence-electron chi connectivity index (χ3n) is 2.92. The summed E-state index contributed by atoms with van der Waals surface area (Å²) in [6, 6.07) is 6.43. The van der Waals surface area contributed by atoms with Crippen LogP contribution in [0, 0.1) is 13.8 Å². The van der Waals surface area contributed by atoms with Crippen molar-refractivity contribution in [1.29, 1.82) is 0 Å².